The summed E-state index contributed by atoms with van der Waals surface area (Å²) in [5.74, 6) is 0.645. The highest BCUT2D eigenvalue weighted by Gasteiger charge is 2.24. The monoisotopic (exact) mass is 214 g/mol. The van der Waals surface area contributed by atoms with Crippen LogP contribution in [0.25, 0.3) is 0 Å². The molecule has 0 atom stereocenters. The fourth-order valence-electron chi connectivity index (χ4n) is 2.15. The summed E-state index contributed by atoms with van der Waals surface area (Å²) < 4.78 is 13.8. The molecule has 0 N–H and O–H groups in total. The van der Waals surface area contributed by atoms with Gasteiger partial charge in [-0.2, -0.15) is 0 Å². The molecule has 0 unspecified atom stereocenters. The van der Waals surface area contributed by atoms with Crippen LogP contribution in [0.15, 0.2) is 42.6 Å². The Morgan fingerprint density at radius 2 is 2.06 bits per heavy atom. The minimum absolute atomic E-state index is 0.166. The first-order chi connectivity index (χ1) is 7.86. The summed E-state index contributed by atoms with van der Waals surface area (Å²) in [6.07, 6.45) is 2.61. The zero-order valence-electron chi connectivity index (χ0n) is 8.73. The second kappa shape index (κ2) is 3.59. The topological polar surface area (TPSA) is 16.1 Å². The van der Waals surface area contributed by atoms with Crippen LogP contribution in [-0.4, -0.2) is 11.5 Å². The molecule has 2 heterocycles. The molecule has 0 bridgehead atoms. The molecule has 1 aromatic carbocycles. The highest BCUT2D eigenvalue weighted by atomic mass is 19.1. The van der Waals surface area contributed by atoms with Gasteiger partial charge in [0.05, 0.1) is 5.69 Å². The molecule has 1 aliphatic heterocycles. The minimum Gasteiger partial charge on any atom is -0.323 e. The van der Waals surface area contributed by atoms with E-state index < -0.39 is 0 Å². The van der Waals surface area contributed by atoms with E-state index in [1.165, 1.54) is 6.07 Å². The number of hydrogen-bond donors (Lipinski definition) is 0. The predicted molar refractivity (Wildman–Crippen MR) is 61.3 cm³/mol. The average molecular weight is 214 g/mol. The molecule has 1 aromatic heterocycles. The van der Waals surface area contributed by atoms with Crippen molar-refractivity contribution in [2.24, 2.45) is 0 Å². The van der Waals surface area contributed by atoms with E-state index in [0.717, 1.165) is 24.3 Å². The van der Waals surface area contributed by atoms with Crippen LogP contribution in [0.1, 0.15) is 5.56 Å². The summed E-state index contributed by atoms with van der Waals surface area (Å²) in [5.41, 5.74) is 1.74. The third-order valence-corrected chi connectivity index (χ3v) is 2.87. The summed E-state index contributed by atoms with van der Waals surface area (Å²) in [4.78, 5) is 6.20. The van der Waals surface area contributed by atoms with Crippen LogP contribution < -0.4 is 4.90 Å². The zero-order valence-corrected chi connectivity index (χ0v) is 8.73. The van der Waals surface area contributed by atoms with Crippen molar-refractivity contribution in [1.29, 1.82) is 0 Å². The van der Waals surface area contributed by atoms with Gasteiger partial charge in [-0.3, -0.25) is 0 Å². The normalized spacial score (nSPS) is 13.9. The molecule has 2 aromatic rings. The van der Waals surface area contributed by atoms with E-state index in [2.05, 4.69) is 4.98 Å². The highest BCUT2D eigenvalue weighted by molar-refractivity contribution is 5.67. The Bertz CT molecular complexity index is 511. The molecular weight excluding hydrogens is 203 g/mol. The van der Waals surface area contributed by atoms with Crippen LogP contribution in [0.3, 0.4) is 0 Å². The van der Waals surface area contributed by atoms with E-state index in [-0.39, 0.29) is 5.82 Å². The fourth-order valence-corrected chi connectivity index (χ4v) is 2.15. The number of aromatic nitrogens is 1. The third-order valence-electron chi connectivity index (χ3n) is 2.87. The molecule has 0 spiro atoms. The highest BCUT2D eigenvalue weighted by Crippen LogP contribution is 2.35. The minimum atomic E-state index is -0.166. The van der Waals surface area contributed by atoms with E-state index in [4.69, 9.17) is 0 Å². The van der Waals surface area contributed by atoms with Crippen molar-refractivity contribution in [2.45, 2.75) is 6.42 Å². The summed E-state index contributed by atoms with van der Waals surface area (Å²) in [6.45, 7) is 0.799. The Labute approximate surface area is 93.4 Å². The van der Waals surface area contributed by atoms with Gasteiger partial charge in [-0.25, -0.2) is 9.37 Å². The molecule has 3 heteroatoms. The average Bonchev–Trinajstić information content (AvgIpc) is 2.75. The van der Waals surface area contributed by atoms with Gasteiger partial charge in [-0.15, -0.1) is 0 Å². The van der Waals surface area contributed by atoms with Gasteiger partial charge in [-0.05, 0) is 30.2 Å². The maximum Gasteiger partial charge on any atom is 0.147 e. The molecule has 0 saturated heterocycles. The smallest absolute Gasteiger partial charge is 0.147 e. The quantitative estimate of drug-likeness (QED) is 0.725. The van der Waals surface area contributed by atoms with Crippen molar-refractivity contribution >= 4 is 11.5 Å². The lowest BCUT2D eigenvalue weighted by atomic mass is 10.1. The van der Waals surface area contributed by atoms with Crippen molar-refractivity contribution < 1.29 is 4.39 Å². The van der Waals surface area contributed by atoms with Gasteiger partial charge < -0.3 is 4.90 Å². The van der Waals surface area contributed by atoms with Crippen LogP contribution in [-0.2, 0) is 6.42 Å². The van der Waals surface area contributed by atoms with Crippen molar-refractivity contribution in [3.8, 4) is 0 Å². The van der Waals surface area contributed by atoms with Crippen molar-refractivity contribution in [3.63, 3.8) is 0 Å². The summed E-state index contributed by atoms with van der Waals surface area (Å²) in [5, 5.41) is 0. The van der Waals surface area contributed by atoms with Gasteiger partial charge in [0.2, 0.25) is 0 Å². The van der Waals surface area contributed by atoms with Gasteiger partial charge in [0.15, 0.2) is 0 Å². The molecule has 3 rings (SSSR count). The van der Waals surface area contributed by atoms with E-state index in [1.54, 1.807) is 12.3 Å². The number of pyridine rings is 1. The molecule has 1 aliphatic rings. The first kappa shape index (κ1) is 9.33. The lowest BCUT2D eigenvalue weighted by molar-refractivity contribution is 0.627. The van der Waals surface area contributed by atoms with Crippen LogP contribution >= 0.6 is 0 Å². The number of fused-ring (bicyclic) bond motifs is 1. The largest absolute Gasteiger partial charge is 0.323 e. The van der Waals surface area contributed by atoms with Crippen LogP contribution in [0.4, 0.5) is 15.9 Å². The molecule has 16 heavy (non-hydrogen) atoms. The molecule has 0 aliphatic carbocycles. The fraction of sp³-hybridized carbons (Fsp3) is 0.154. The first-order valence-electron chi connectivity index (χ1n) is 5.32. The second-order valence-corrected chi connectivity index (χ2v) is 3.84. The molecular formula is C13H11FN2. The van der Waals surface area contributed by atoms with E-state index >= 15 is 0 Å². The number of rotatable bonds is 1. The summed E-state index contributed by atoms with van der Waals surface area (Å²) in [6, 6.07) is 10.9. The lowest BCUT2D eigenvalue weighted by Gasteiger charge is -2.18. The maximum absolute atomic E-state index is 13.8. The number of hydrogen-bond acceptors (Lipinski definition) is 2. The molecule has 0 radical (unpaired) electrons. The lowest BCUT2D eigenvalue weighted by Crippen LogP contribution is -2.15. The molecule has 2 nitrogen and oxygen atoms in total. The standard InChI is InChI=1S/C13H11FN2/c14-11-5-3-4-10-7-9-16(13(10)11)12-6-1-2-8-15-12/h1-6,8H,7,9H2. The van der Waals surface area contributed by atoms with E-state index in [1.807, 2.05) is 29.2 Å². The van der Waals surface area contributed by atoms with Gasteiger partial charge in [-0.1, -0.05) is 18.2 Å². The Kier molecular flexibility index (Phi) is 2.10. The second-order valence-electron chi connectivity index (χ2n) is 3.84. The number of benzene rings is 1. The van der Waals surface area contributed by atoms with Crippen LogP contribution in [0.5, 0.6) is 0 Å². The van der Waals surface area contributed by atoms with Gasteiger partial charge in [0.1, 0.15) is 11.6 Å². The predicted octanol–water partition coefficient (Wildman–Crippen LogP) is 2.91. The van der Waals surface area contributed by atoms with Crippen molar-refractivity contribution in [3.05, 3.63) is 54.0 Å². The molecule has 80 valence electrons. The first-order valence-corrected chi connectivity index (χ1v) is 5.32. The number of halogens is 1. The SMILES string of the molecule is Fc1cccc2c1N(c1ccccn1)CC2. The van der Waals surface area contributed by atoms with E-state index in [9.17, 15) is 4.39 Å². The Morgan fingerprint density at radius 3 is 2.88 bits per heavy atom. The van der Waals surface area contributed by atoms with Gasteiger partial charge >= 0.3 is 0 Å². The van der Waals surface area contributed by atoms with Crippen molar-refractivity contribution in [1.82, 2.24) is 4.98 Å². The van der Waals surface area contributed by atoms with Gasteiger partial charge in [0, 0.05) is 12.7 Å². The van der Waals surface area contributed by atoms with E-state index in [0.29, 0.717) is 5.69 Å². The number of nitrogens with zero attached hydrogens (tertiary/aromatic N) is 2. The molecule has 0 saturated carbocycles. The maximum atomic E-state index is 13.8. The Morgan fingerprint density at radius 1 is 1.12 bits per heavy atom. The van der Waals surface area contributed by atoms with Crippen LogP contribution in [0.2, 0.25) is 0 Å². The molecule has 0 fully saturated rings. The summed E-state index contributed by atoms with van der Waals surface area (Å²) in [7, 11) is 0. The van der Waals surface area contributed by atoms with Crippen LogP contribution in [0, 0.1) is 5.82 Å². The third kappa shape index (κ3) is 1.36. The zero-order chi connectivity index (χ0) is 11.0. The van der Waals surface area contributed by atoms with Crippen molar-refractivity contribution in [2.75, 3.05) is 11.4 Å². The Balaban J connectivity index is 2.10. The van der Waals surface area contributed by atoms with Gasteiger partial charge in [0.25, 0.3) is 0 Å². The number of para-hydroxylation sites is 1. The molecule has 0 amide bonds. The summed E-state index contributed by atoms with van der Waals surface area (Å²) >= 11 is 0. The Hall–Kier alpha value is -1.90. The number of anilines is 2.